The minimum absolute atomic E-state index is 0.0881. The van der Waals surface area contributed by atoms with Crippen molar-refractivity contribution >= 4 is 21.4 Å². The molecule has 0 saturated heterocycles. The van der Waals surface area contributed by atoms with Crippen molar-refractivity contribution in [3.05, 3.63) is 41.7 Å². The van der Waals surface area contributed by atoms with Gasteiger partial charge in [0.05, 0.1) is 16.8 Å². The molecule has 0 bridgehead atoms. The van der Waals surface area contributed by atoms with Crippen LogP contribution in [0.25, 0.3) is 11.6 Å². The molecule has 0 spiro atoms. The largest absolute Gasteiger partial charge is 0.235 e. The molecule has 3 rings (SSSR count). The zero-order chi connectivity index (χ0) is 18.2. The number of hydrogen-bond acceptors (Lipinski definition) is 8. The van der Waals surface area contributed by atoms with Crippen molar-refractivity contribution in [2.75, 3.05) is 0 Å². The molecule has 0 aliphatic carbocycles. The molecule has 0 amide bonds. The molecule has 0 N–H and O–H groups in total. The van der Waals surface area contributed by atoms with Crippen molar-refractivity contribution in [3.63, 3.8) is 0 Å². The average molecular weight is 375 g/mol. The fourth-order valence-corrected chi connectivity index (χ4v) is 4.06. The number of hydrogen-bond donors (Lipinski definition) is 0. The first-order chi connectivity index (χ1) is 11.7. The predicted molar refractivity (Wildman–Crippen MR) is 94.1 cm³/mol. The van der Waals surface area contributed by atoms with E-state index < -0.39 is 9.84 Å². The van der Waals surface area contributed by atoms with Crippen LogP contribution in [0, 0.1) is 6.92 Å². The molecule has 1 aromatic carbocycles. The zero-order valence-electron chi connectivity index (χ0n) is 14.3. The van der Waals surface area contributed by atoms with Gasteiger partial charge >= 0.3 is 0 Å². The lowest BCUT2D eigenvalue weighted by Gasteiger charge is -2.15. The molecular weight excluding hydrogens is 358 g/mol. The maximum Gasteiger partial charge on any atom is 0.235 e. The molecule has 0 aliphatic heterocycles. The third-order valence-electron chi connectivity index (χ3n) is 3.50. The summed E-state index contributed by atoms with van der Waals surface area (Å²) in [6.45, 7) is 7.91. The Labute approximate surface area is 150 Å². The quantitative estimate of drug-likeness (QED) is 0.694. The first-order valence-electron chi connectivity index (χ1n) is 7.54. The van der Waals surface area contributed by atoms with E-state index in [1.54, 1.807) is 30.5 Å². The minimum Gasteiger partial charge on any atom is -0.230 e. The van der Waals surface area contributed by atoms with Gasteiger partial charge in [0, 0.05) is 5.41 Å². The van der Waals surface area contributed by atoms with Crippen LogP contribution < -0.4 is 0 Å². The van der Waals surface area contributed by atoms with Gasteiger partial charge in [-0.3, -0.25) is 0 Å². The maximum absolute atomic E-state index is 12.6. The molecule has 3 aromatic rings. The molecule has 9 heteroatoms. The molecule has 0 atom stereocenters. The van der Waals surface area contributed by atoms with Gasteiger partial charge < -0.3 is 0 Å². The van der Waals surface area contributed by atoms with Gasteiger partial charge in [0.15, 0.2) is 0 Å². The van der Waals surface area contributed by atoms with E-state index in [-0.39, 0.29) is 26.3 Å². The van der Waals surface area contributed by atoms with Gasteiger partial charge in [0.1, 0.15) is 0 Å². The van der Waals surface area contributed by atoms with Crippen molar-refractivity contribution in [1.82, 2.24) is 24.5 Å². The molecule has 0 saturated carbocycles. The highest BCUT2D eigenvalue weighted by Gasteiger charge is 2.24. The van der Waals surface area contributed by atoms with E-state index in [0.29, 0.717) is 0 Å². The minimum atomic E-state index is -3.71. The third kappa shape index (κ3) is 3.57. The van der Waals surface area contributed by atoms with Crippen molar-refractivity contribution in [2.24, 2.45) is 0 Å². The Morgan fingerprint density at radius 3 is 2.24 bits per heavy atom. The van der Waals surface area contributed by atoms with E-state index in [1.807, 2.05) is 27.7 Å². The lowest BCUT2D eigenvalue weighted by molar-refractivity contribution is 0.554. The van der Waals surface area contributed by atoms with E-state index in [9.17, 15) is 8.42 Å². The Kier molecular flexibility index (Phi) is 4.38. The van der Waals surface area contributed by atoms with Crippen LogP contribution in [0.5, 0.6) is 0 Å². The highest BCUT2D eigenvalue weighted by Crippen LogP contribution is 2.25. The summed E-state index contributed by atoms with van der Waals surface area (Å²) in [7, 11) is -3.71. The van der Waals surface area contributed by atoms with Crippen LogP contribution in [0.15, 0.2) is 39.7 Å². The summed E-state index contributed by atoms with van der Waals surface area (Å²) in [4.78, 5) is 8.49. The highest BCUT2D eigenvalue weighted by atomic mass is 32.2. The number of aromatic nitrogens is 5. The van der Waals surface area contributed by atoms with Gasteiger partial charge in [-0.1, -0.05) is 38.5 Å². The third-order valence-corrected chi connectivity index (χ3v) is 6.34. The van der Waals surface area contributed by atoms with E-state index in [0.717, 1.165) is 22.8 Å². The summed E-state index contributed by atoms with van der Waals surface area (Å²) in [6.07, 6.45) is 1.61. The standard InChI is InChI=1S/C16H17N5O2S2/c1-10-5-7-11(8-6-10)25(22,23)15-18-14(21-24-15)13-17-9-12(19-20-13)16(2,3)4/h5-9H,1-4H3. The predicted octanol–water partition coefficient (Wildman–Crippen LogP) is 2.83. The summed E-state index contributed by atoms with van der Waals surface area (Å²) >= 11 is 0.803. The molecule has 25 heavy (non-hydrogen) atoms. The Hall–Kier alpha value is -2.26. The smallest absolute Gasteiger partial charge is 0.230 e. The van der Waals surface area contributed by atoms with E-state index >= 15 is 0 Å². The van der Waals surface area contributed by atoms with Gasteiger partial charge in [-0.25, -0.2) is 18.4 Å². The van der Waals surface area contributed by atoms with Crippen LogP contribution in [-0.4, -0.2) is 33.0 Å². The van der Waals surface area contributed by atoms with Crippen molar-refractivity contribution in [1.29, 1.82) is 0 Å². The number of nitrogens with zero attached hydrogens (tertiary/aromatic N) is 5. The summed E-state index contributed by atoms with van der Waals surface area (Å²) in [5, 5.41) is 8.15. The Morgan fingerprint density at radius 2 is 1.68 bits per heavy atom. The molecule has 0 aliphatic rings. The monoisotopic (exact) mass is 375 g/mol. The maximum atomic E-state index is 12.6. The van der Waals surface area contributed by atoms with Crippen molar-refractivity contribution < 1.29 is 8.42 Å². The summed E-state index contributed by atoms with van der Waals surface area (Å²) in [6, 6.07) is 6.60. The van der Waals surface area contributed by atoms with Crippen molar-refractivity contribution in [2.45, 2.75) is 42.3 Å². The SMILES string of the molecule is Cc1ccc(S(=O)(=O)c2nc(-c3ncc(C(C)(C)C)nn3)ns2)cc1. The molecule has 0 radical (unpaired) electrons. The fourth-order valence-electron chi connectivity index (χ4n) is 1.95. The summed E-state index contributed by atoms with van der Waals surface area (Å²) in [5.41, 5.74) is 1.54. The van der Waals surface area contributed by atoms with Crippen molar-refractivity contribution in [3.8, 4) is 11.6 Å². The first-order valence-corrected chi connectivity index (χ1v) is 9.79. The normalized spacial score (nSPS) is 12.3. The Morgan fingerprint density at radius 1 is 1.00 bits per heavy atom. The summed E-state index contributed by atoms with van der Waals surface area (Å²) < 4.78 is 29.2. The second-order valence-corrected chi connectivity index (χ2v) is 9.49. The van der Waals surface area contributed by atoms with Gasteiger partial charge in [-0.15, -0.1) is 5.10 Å². The molecule has 0 fully saturated rings. The highest BCUT2D eigenvalue weighted by molar-refractivity contribution is 7.93. The number of sulfone groups is 1. The summed E-state index contributed by atoms with van der Waals surface area (Å²) in [5.74, 6) is 0.359. The van der Waals surface area contributed by atoms with Gasteiger partial charge in [-0.2, -0.15) is 9.47 Å². The topological polar surface area (TPSA) is 98.6 Å². The molecular formula is C16H17N5O2S2. The van der Waals surface area contributed by atoms with Gasteiger partial charge in [0.2, 0.25) is 25.8 Å². The molecule has 2 aromatic heterocycles. The van der Waals surface area contributed by atoms with Crippen LogP contribution in [0.4, 0.5) is 0 Å². The number of benzene rings is 1. The molecule has 130 valence electrons. The second-order valence-electron chi connectivity index (χ2n) is 6.62. The van der Waals surface area contributed by atoms with E-state index in [4.69, 9.17) is 0 Å². The Balaban J connectivity index is 1.93. The average Bonchev–Trinajstić information content (AvgIpc) is 3.05. The molecule has 2 heterocycles. The van der Waals surface area contributed by atoms with Gasteiger partial charge in [0.25, 0.3) is 0 Å². The fraction of sp³-hybridized carbons (Fsp3) is 0.312. The number of aryl methyl sites for hydroxylation is 1. The second kappa shape index (κ2) is 6.23. The zero-order valence-corrected chi connectivity index (χ0v) is 15.9. The van der Waals surface area contributed by atoms with E-state index in [2.05, 4.69) is 24.5 Å². The van der Waals surface area contributed by atoms with Crippen LogP contribution in [0.2, 0.25) is 0 Å². The van der Waals surface area contributed by atoms with Crippen LogP contribution in [0.3, 0.4) is 0 Å². The van der Waals surface area contributed by atoms with Crippen LogP contribution >= 0.6 is 11.5 Å². The van der Waals surface area contributed by atoms with Crippen LogP contribution in [0.1, 0.15) is 32.0 Å². The van der Waals surface area contributed by atoms with Gasteiger partial charge in [-0.05, 0) is 30.6 Å². The lowest BCUT2D eigenvalue weighted by Crippen LogP contribution is -2.15. The van der Waals surface area contributed by atoms with E-state index in [1.165, 1.54) is 0 Å². The number of rotatable bonds is 3. The first kappa shape index (κ1) is 17.6. The van der Waals surface area contributed by atoms with Crippen LogP contribution in [-0.2, 0) is 15.3 Å². The Bertz CT molecular complexity index is 988. The molecule has 7 nitrogen and oxygen atoms in total. The molecule has 0 unspecified atom stereocenters. The lowest BCUT2D eigenvalue weighted by atomic mass is 9.93.